The zero-order valence-electron chi connectivity index (χ0n) is 6.80. The average Bonchev–Trinajstić information content (AvgIpc) is 2.03. The predicted octanol–water partition coefficient (Wildman–Crippen LogP) is 2.39. The van der Waals surface area contributed by atoms with Gasteiger partial charge < -0.3 is 0 Å². The van der Waals surface area contributed by atoms with E-state index >= 15 is 0 Å². The zero-order valence-corrected chi connectivity index (χ0v) is 9.15. The van der Waals surface area contributed by atoms with Gasteiger partial charge in [-0.25, -0.2) is 5.48 Å². The first-order valence-electron chi connectivity index (χ1n) is 3.43. The Morgan fingerprint density at radius 1 is 1.54 bits per heavy atom. The molecule has 1 amide bonds. The predicted molar refractivity (Wildman–Crippen MR) is 53.6 cm³/mol. The number of benzene rings is 1. The molecule has 0 saturated carbocycles. The molecule has 70 valence electrons. The van der Waals surface area contributed by atoms with E-state index in [1.807, 2.05) is 0 Å². The highest BCUT2D eigenvalue weighted by Crippen LogP contribution is 2.19. The molecule has 1 aromatic rings. The van der Waals surface area contributed by atoms with Crippen LogP contribution in [0.5, 0.6) is 0 Å². The summed E-state index contributed by atoms with van der Waals surface area (Å²) in [7, 11) is 1.37. The Hall–Kier alpha value is -0.580. The minimum atomic E-state index is -0.328. The quantitative estimate of drug-likeness (QED) is 0.833. The fraction of sp³-hybridized carbons (Fsp3) is 0.125. The van der Waals surface area contributed by atoms with E-state index in [4.69, 9.17) is 11.6 Å². The third-order valence-electron chi connectivity index (χ3n) is 1.32. The van der Waals surface area contributed by atoms with Crippen LogP contribution in [0.1, 0.15) is 10.4 Å². The van der Waals surface area contributed by atoms with Crippen LogP contribution in [-0.2, 0) is 4.84 Å². The molecule has 1 rings (SSSR count). The van der Waals surface area contributed by atoms with E-state index in [2.05, 4.69) is 26.2 Å². The zero-order chi connectivity index (χ0) is 9.84. The number of carbonyl (C=O) groups excluding carboxylic acids is 1. The average molecular weight is 265 g/mol. The molecule has 0 spiro atoms. The van der Waals surface area contributed by atoms with Gasteiger partial charge in [0.05, 0.1) is 7.11 Å². The standard InChI is InChI=1S/C8H7BrClNO2/c1-13-11-8(12)5-2-6(9)4-7(10)3-5/h2-4H,1H3,(H,11,12). The van der Waals surface area contributed by atoms with E-state index in [-0.39, 0.29) is 5.91 Å². The van der Waals surface area contributed by atoms with Crippen LogP contribution in [0, 0.1) is 0 Å². The molecule has 0 unspecified atom stereocenters. The highest BCUT2D eigenvalue weighted by Gasteiger charge is 2.06. The van der Waals surface area contributed by atoms with Crippen molar-refractivity contribution in [1.29, 1.82) is 0 Å². The lowest BCUT2D eigenvalue weighted by Crippen LogP contribution is -2.21. The first-order valence-corrected chi connectivity index (χ1v) is 4.60. The molecule has 13 heavy (non-hydrogen) atoms. The second-order valence-electron chi connectivity index (χ2n) is 2.29. The van der Waals surface area contributed by atoms with Crippen LogP contribution in [0.4, 0.5) is 0 Å². The van der Waals surface area contributed by atoms with E-state index in [1.54, 1.807) is 18.2 Å². The lowest BCUT2D eigenvalue weighted by atomic mass is 10.2. The van der Waals surface area contributed by atoms with Crippen LogP contribution in [0.3, 0.4) is 0 Å². The van der Waals surface area contributed by atoms with Crippen LogP contribution < -0.4 is 5.48 Å². The van der Waals surface area contributed by atoms with Crippen LogP contribution in [-0.4, -0.2) is 13.0 Å². The summed E-state index contributed by atoms with van der Waals surface area (Å²) in [5.41, 5.74) is 2.64. The van der Waals surface area contributed by atoms with E-state index in [1.165, 1.54) is 7.11 Å². The molecular formula is C8H7BrClNO2. The number of carbonyl (C=O) groups is 1. The third kappa shape index (κ3) is 2.99. The van der Waals surface area contributed by atoms with Gasteiger partial charge in [-0.3, -0.25) is 9.63 Å². The number of hydroxylamine groups is 1. The summed E-state index contributed by atoms with van der Waals surface area (Å²) in [6.07, 6.45) is 0. The van der Waals surface area contributed by atoms with Crippen molar-refractivity contribution in [2.24, 2.45) is 0 Å². The summed E-state index contributed by atoms with van der Waals surface area (Å²) in [5.74, 6) is -0.328. The molecule has 0 atom stereocenters. The van der Waals surface area contributed by atoms with Gasteiger partial charge in [-0.15, -0.1) is 0 Å². The molecule has 0 heterocycles. The molecule has 1 N–H and O–H groups in total. The highest BCUT2D eigenvalue weighted by atomic mass is 79.9. The summed E-state index contributed by atoms with van der Waals surface area (Å²) in [6, 6.07) is 4.91. The molecule has 1 aromatic carbocycles. The Morgan fingerprint density at radius 2 is 2.23 bits per heavy atom. The van der Waals surface area contributed by atoms with Gasteiger partial charge in [-0.2, -0.15) is 0 Å². The lowest BCUT2D eigenvalue weighted by molar-refractivity contribution is 0.0537. The first-order chi connectivity index (χ1) is 6.13. The van der Waals surface area contributed by atoms with Gasteiger partial charge in [0.25, 0.3) is 5.91 Å². The smallest absolute Gasteiger partial charge is 0.274 e. The number of amides is 1. The molecule has 0 saturated heterocycles. The Balaban J connectivity index is 2.94. The van der Waals surface area contributed by atoms with Crippen molar-refractivity contribution in [2.45, 2.75) is 0 Å². The summed E-state index contributed by atoms with van der Waals surface area (Å²) in [4.78, 5) is 15.7. The Kier molecular flexibility index (Phi) is 3.71. The fourth-order valence-electron chi connectivity index (χ4n) is 0.837. The normalized spacial score (nSPS) is 9.77. The molecule has 0 aliphatic heterocycles. The second-order valence-corrected chi connectivity index (χ2v) is 3.65. The SMILES string of the molecule is CONC(=O)c1cc(Cl)cc(Br)c1. The maximum atomic E-state index is 11.2. The monoisotopic (exact) mass is 263 g/mol. The van der Waals surface area contributed by atoms with Crippen molar-refractivity contribution in [3.8, 4) is 0 Å². The maximum Gasteiger partial charge on any atom is 0.274 e. The molecule has 0 fully saturated rings. The number of nitrogens with one attached hydrogen (secondary N) is 1. The van der Waals surface area contributed by atoms with E-state index in [9.17, 15) is 4.79 Å². The molecule has 0 radical (unpaired) electrons. The van der Waals surface area contributed by atoms with Crippen LogP contribution in [0.25, 0.3) is 0 Å². The van der Waals surface area contributed by atoms with Gasteiger partial charge in [-0.05, 0) is 18.2 Å². The summed E-state index contributed by atoms with van der Waals surface area (Å²) in [5, 5.41) is 0.496. The van der Waals surface area contributed by atoms with Gasteiger partial charge in [0, 0.05) is 15.1 Å². The molecule has 0 bridgehead atoms. The molecule has 5 heteroatoms. The minimum Gasteiger partial charge on any atom is -0.277 e. The summed E-state index contributed by atoms with van der Waals surface area (Å²) >= 11 is 8.97. The Morgan fingerprint density at radius 3 is 2.77 bits per heavy atom. The van der Waals surface area contributed by atoms with Crippen molar-refractivity contribution >= 4 is 33.4 Å². The van der Waals surface area contributed by atoms with E-state index in [0.717, 1.165) is 4.47 Å². The van der Waals surface area contributed by atoms with Gasteiger partial charge >= 0.3 is 0 Å². The largest absolute Gasteiger partial charge is 0.277 e. The van der Waals surface area contributed by atoms with Crippen LogP contribution in [0.2, 0.25) is 5.02 Å². The topological polar surface area (TPSA) is 38.3 Å². The number of rotatable bonds is 2. The van der Waals surface area contributed by atoms with Crippen molar-refractivity contribution in [1.82, 2.24) is 5.48 Å². The fourth-order valence-corrected chi connectivity index (χ4v) is 1.70. The Labute approximate surface area is 89.1 Å². The van der Waals surface area contributed by atoms with E-state index in [0.29, 0.717) is 10.6 Å². The summed E-state index contributed by atoms with van der Waals surface area (Å²) < 4.78 is 0.751. The van der Waals surface area contributed by atoms with Gasteiger partial charge in [0.15, 0.2) is 0 Å². The number of hydrogen-bond acceptors (Lipinski definition) is 2. The van der Waals surface area contributed by atoms with E-state index < -0.39 is 0 Å². The van der Waals surface area contributed by atoms with Gasteiger partial charge in [0.2, 0.25) is 0 Å². The van der Waals surface area contributed by atoms with Crippen molar-refractivity contribution in [3.05, 3.63) is 33.3 Å². The minimum absolute atomic E-state index is 0.328. The molecule has 0 aliphatic rings. The number of halogens is 2. The molecule has 3 nitrogen and oxygen atoms in total. The van der Waals surface area contributed by atoms with Crippen LogP contribution in [0.15, 0.2) is 22.7 Å². The molecule has 0 aromatic heterocycles. The third-order valence-corrected chi connectivity index (χ3v) is 2.00. The first kappa shape index (κ1) is 10.5. The Bertz CT molecular complexity index is 310. The summed E-state index contributed by atoms with van der Waals surface area (Å²) in [6.45, 7) is 0. The van der Waals surface area contributed by atoms with Gasteiger partial charge in [-0.1, -0.05) is 27.5 Å². The van der Waals surface area contributed by atoms with Crippen molar-refractivity contribution in [2.75, 3.05) is 7.11 Å². The van der Waals surface area contributed by atoms with Gasteiger partial charge in [0.1, 0.15) is 0 Å². The van der Waals surface area contributed by atoms with Crippen molar-refractivity contribution < 1.29 is 9.63 Å². The number of hydrogen-bond donors (Lipinski definition) is 1. The highest BCUT2D eigenvalue weighted by molar-refractivity contribution is 9.10. The van der Waals surface area contributed by atoms with Crippen LogP contribution >= 0.6 is 27.5 Å². The maximum absolute atomic E-state index is 11.2. The lowest BCUT2D eigenvalue weighted by Gasteiger charge is -2.02. The molecule has 0 aliphatic carbocycles. The second kappa shape index (κ2) is 4.60. The molecular weight excluding hydrogens is 257 g/mol. The van der Waals surface area contributed by atoms with Crippen molar-refractivity contribution in [3.63, 3.8) is 0 Å².